The van der Waals surface area contributed by atoms with E-state index in [-0.39, 0.29) is 21.5 Å². The Morgan fingerprint density at radius 3 is 2.26 bits per heavy atom. The fraction of sp³-hybridized carbons (Fsp3) is 0.133. The van der Waals surface area contributed by atoms with E-state index in [1.807, 2.05) is 0 Å². The Balaban J connectivity index is 2.63. The zero-order valence-electron chi connectivity index (χ0n) is 12.0. The molecule has 0 spiro atoms. The lowest BCUT2D eigenvalue weighted by Crippen LogP contribution is -2.31. The van der Waals surface area contributed by atoms with Crippen molar-refractivity contribution < 1.29 is 18.3 Å². The Bertz CT molecular complexity index is 838. The van der Waals surface area contributed by atoms with Crippen LogP contribution in [0, 0.1) is 0 Å². The topological polar surface area (TPSA) is 77.5 Å². The van der Waals surface area contributed by atoms with E-state index < -0.39 is 21.6 Å². The summed E-state index contributed by atoms with van der Waals surface area (Å²) >= 11 is 11.7. The van der Waals surface area contributed by atoms with Crippen molar-refractivity contribution in [1.82, 2.24) is 0 Å². The second-order valence-electron chi connectivity index (χ2n) is 4.56. The molecule has 23 heavy (non-hydrogen) atoms. The first-order chi connectivity index (χ1) is 10.8. The van der Waals surface area contributed by atoms with E-state index in [1.165, 1.54) is 0 Å². The molecule has 0 aromatic heterocycles. The van der Waals surface area contributed by atoms with Crippen LogP contribution < -0.4 is 9.41 Å². The van der Waals surface area contributed by atoms with Gasteiger partial charge in [-0.25, -0.2) is 8.42 Å². The van der Waals surface area contributed by atoms with E-state index in [1.54, 1.807) is 37.3 Å². The fourth-order valence-electron chi connectivity index (χ4n) is 2.09. The SMILES string of the molecule is CCN(c1ccccc1)S(=O)(=O)c1cc(C(=O)[O-])c(Cl)cc1Cl. The van der Waals surface area contributed by atoms with Crippen LogP contribution in [0.15, 0.2) is 47.4 Å². The van der Waals surface area contributed by atoms with Crippen LogP contribution in [0.1, 0.15) is 17.3 Å². The van der Waals surface area contributed by atoms with Gasteiger partial charge < -0.3 is 9.90 Å². The van der Waals surface area contributed by atoms with E-state index >= 15 is 0 Å². The molecule has 0 saturated carbocycles. The van der Waals surface area contributed by atoms with Gasteiger partial charge in [0.2, 0.25) is 0 Å². The Morgan fingerprint density at radius 1 is 1.13 bits per heavy atom. The number of carboxylic acid groups (broad SMARTS) is 1. The summed E-state index contributed by atoms with van der Waals surface area (Å²) in [5.41, 5.74) is 0.00905. The minimum atomic E-state index is -4.06. The van der Waals surface area contributed by atoms with Gasteiger partial charge >= 0.3 is 0 Å². The maximum Gasteiger partial charge on any atom is 0.265 e. The number of carbonyl (C=O) groups is 1. The maximum atomic E-state index is 12.9. The maximum absolute atomic E-state index is 12.9. The molecule has 8 heteroatoms. The normalized spacial score (nSPS) is 11.3. The predicted molar refractivity (Wildman–Crippen MR) is 87.4 cm³/mol. The van der Waals surface area contributed by atoms with Crippen molar-refractivity contribution in [2.24, 2.45) is 0 Å². The van der Waals surface area contributed by atoms with Gasteiger partial charge in [0.1, 0.15) is 4.90 Å². The molecular weight excluding hydrogens is 361 g/mol. The van der Waals surface area contributed by atoms with Crippen molar-refractivity contribution in [3.05, 3.63) is 58.1 Å². The number of carboxylic acids is 1. The Labute approximate surface area is 144 Å². The Kier molecular flexibility index (Phi) is 5.19. The van der Waals surface area contributed by atoms with Crippen LogP contribution in [-0.2, 0) is 10.0 Å². The number of carbonyl (C=O) groups excluding carboxylic acids is 1. The minimum absolute atomic E-state index is 0.145. The molecule has 2 rings (SSSR count). The average molecular weight is 373 g/mol. The molecule has 2 aromatic rings. The van der Waals surface area contributed by atoms with Crippen molar-refractivity contribution >= 4 is 44.9 Å². The average Bonchev–Trinajstić information content (AvgIpc) is 2.48. The Morgan fingerprint density at radius 2 is 1.74 bits per heavy atom. The fourth-order valence-corrected chi connectivity index (χ4v) is 4.39. The molecule has 0 amide bonds. The summed E-state index contributed by atoms with van der Waals surface area (Å²) in [5, 5.41) is 10.7. The van der Waals surface area contributed by atoms with Crippen LogP contribution in [0.3, 0.4) is 0 Å². The number of hydrogen-bond acceptors (Lipinski definition) is 4. The molecule has 0 radical (unpaired) electrons. The lowest BCUT2D eigenvalue weighted by molar-refractivity contribution is -0.255. The summed E-state index contributed by atoms with van der Waals surface area (Å²) in [6, 6.07) is 10.4. The van der Waals surface area contributed by atoms with Crippen LogP contribution in [-0.4, -0.2) is 20.9 Å². The highest BCUT2D eigenvalue weighted by Gasteiger charge is 2.27. The highest BCUT2D eigenvalue weighted by atomic mass is 35.5. The number of rotatable bonds is 5. The molecule has 0 unspecified atom stereocenters. The first-order valence-electron chi connectivity index (χ1n) is 6.57. The summed E-state index contributed by atoms with van der Waals surface area (Å²) in [4.78, 5) is 10.7. The molecule has 0 aliphatic carbocycles. The molecule has 5 nitrogen and oxygen atoms in total. The zero-order valence-corrected chi connectivity index (χ0v) is 14.3. The summed E-state index contributed by atoms with van der Waals surface area (Å²) in [6.45, 7) is 1.81. The molecule has 0 N–H and O–H groups in total. The summed E-state index contributed by atoms with van der Waals surface area (Å²) in [5.74, 6) is -1.58. The Hall–Kier alpha value is -1.76. The van der Waals surface area contributed by atoms with Crippen molar-refractivity contribution in [3.63, 3.8) is 0 Å². The standard InChI is InChI=1S/C15H13Cl2NO4S/c1-2-18(10-6-4-3-5-7-10)23(21,22)14-8-11(15(19)20)12(16)9-13(14)17/h3-9H,2H2,1H3,(H,19,20)/p-1. The highest BCUT2D eigenvalue weighted by molar-refractivity contribution is 7.93. The van der Waals surface area contributed by atoms with Crippen LogP contribution in [0.4, 0.5) is 5.69 Å². The van der Waals surface area contributed by atoms with Gasteiger partial charge in [0.05, 0.1) is 21.7 Å². The van der Waals surface area contributed by atoms with E-state index in [0.717, 1.165) is 16.4 Å². The summed E-state index contributed by atoms with van der Waals surface area (Å²) < 4.78 is 26.8. The summed E-state index contributed by atoms with van der Waals surface area (Å²) in [6.07, 6.45) is 0. The van der Waals surface area contributed by atoms with Gasteiger partial charge in [-0.3, -0.25) is 4.31 Å². The predicted octanol–water partition coefficient (Wildman–Crippen LogP) is 2.57. The molecule has 0 aliphatic rings. The number of benzene rings is 2. The number of hydrogen-bond donors (Lipinski definition) is 0. The van der Waals surface area contributed by atoms with Crippen LogP contribution in [0.25, 0.3) is 0 Å². The monoisotopic (exact) mass is 372 g/mol. The number of aromatic carboxylic acids is 1. The second-order valence-corrected chi connectivity index (χ2v) is 7.20. The minimum Gasteiger partial charge on any atom is -0.545 e. The number of halogens is 2. The smallest absolute Gasteiger partial charge is 0.265 e. The molecule has 0 bridgehead atoms. The van der Waals surface area contributed by atoms with Gasteiger partial charge in [0, 0.05) is 12.1 Å². The van der Waals surface area contributed by atoms with Crippen molar-refractivity contribution in [3.8, 4) is 0 Å². The molecule has 0 fully saturated rings. The number of para-hydroxylation sites is 1. The third-order valence-corrected chi connectivity index (χ3v) is 5.82. The van der Waals surface area contributed by atoms with E-state index in [4.69, 9.17) is 23.2 Å². The van der Waals surface area contributed by atoms with Gasteiger partial charge in [-0.15, -0.1) is 0 Å². The lowest BCUT2D eigenvalue weighted by atomic mass is 10.2. The first kappa shape index (κ1) is 17.6. The molecular formula is C15H12Cl2NO4S-. The van der Waals surface area contributed by atoms with Gasteiger partial charge in [0.25, 0.3) is 10.0 Å². The second kappa shape index (κ2) is 6.78. The third kappa shape index (κ3) is 3.44. The molecule has 0 saturated heterocycles. The quantitative estimate of drug-likeness (QED) is 0.807. The van der Waals surface area contributed by atoms with E-state index in [0.29, 0.717) is 5.69 Å². The van der Waals surface area contributed by atoms with Crippen molar-refractivity contribution in [2.75, 3.05) is 10.8 Å². The first-order valence-corrected chi connectivity index (χ1v) is 8.76. The number of nitrogens with zero attached hydrogens (tertiary/aromatic N) is 1. The zero-order chi connectivity index (χ0) is 17.2. The number of sulfonamides is 1. The number of anilines is 1. The van der Waals surface area contributed by atoms with Crippen LogP contribution in [0.2, 0.25) is 10.0 Å². The molecule has 122 valence electrons. The van der Waals surface area contributed by atoms with Gasteiger partial charge in [-0.2, -0.15) is 0 Å². The summed E-state index contributed by atoms with van der Waals surface area (Å²) in [7, 11) is -4.06. The molecule has 2 aromatic carbocycles. The van der Waals surface area contributed by atoms with Crippen molar-refractivity contribution in [2.45, 2.75) is 11.8 Å². The molecule has 0 aliphatic heterocycles. The van der Waals surface area contributed by atoms with Crippen molar-refractivity contribution in [1.29, 1.82) is 0 Å². The van der Waals surface area contributed by atoms with E-state index in [9.17, 15) is 18.3 Å². The largest absolute Gasteiger partial charge is 0.545 e. The lowest BCUT2D eigenvalue weighted by Gasteiger charge is -2.24. The van der Waals surface area contributed by atoms with E-state index in [2.05, 4.69) is 0 Å². The van der Waals surface area contributed by atoms with Gasteiger partial charge in [-0.05, 0) is 31.2 Å². The van der Waals surface area contributed by atoms with Crippen LogP contribution >= 0.6 is 23.2 Å². The van der Waals surface area contributed by atoms with Gasteiger partial charge in [-0.1, -0.05) is 41.4 Å². The van der Waals surface area contributed by atoms with Gasteiger partial charge in [0.15, 0.2) is 0 Å². The third-order valence-electron chi connectivity index (χ3n) is 3.14. The molecule has 0 atom stereocenters. The van der Waals surface area contributed by atoms with Crippen LogP contribution in [0.5, 0.6) is 0 Å². The highest BCUT2D eigenvalue weighted by Crippen LogP contribution is 2.32. The molecule has 0 heterocycles.